The SMILES string of the molecule is CC1CN(c2c(Cl)cccc2CO)CC(C)(C)O1. The van der Waals surface area contributed by atoms with Gasteiger partial charge in [-0.2, -0.15) is 0 Å². The molecule has 0 aliphatic carbocycles. The van der Waals surface area contributed by atoms with E-state index in [1.807, 2.05) is 18.2 Å². The summed E-state index contributed by atoms with van der Waals surface area (Å²) in [5, 5.41) is 10.1. The summed E-state index contributed by atoms with van der Waals surface area (Å²) in [6, 6.07) is 5.64. The topological polar surface area (TPSA) is 32.7 Å². The smallest absolute Gasteiger partial charge is 0.0805 e. The largest absolute Gasteiger partial charge is 0.392 e. The number of para-hydroxylation sites is 1. The van der Waals surface area contributed by atoms with Crippen molar-refractivity contribution >= 4 is 17.3 Å². The molecule has 0 radical (unpaired) electrons. The molecule has 0 spiro atoms. The van der Waals surface area contributed by atoms with E-state index in [0.717, 1.165) is 24.3 Å². The molecule has 18 heavy (non-hydrogen) atoms. The summed E-state index contributed by atoms with van der Waals surface area (Å²) < 4.78 is 5.89. The molecule has 1 N–H and O–H groups in total. The number of aliphatic hydroxyl groups is 1. The third-order valence-corrected chi connectivity index (χ3v) is 3.43. The zero-order valence-corrected chi connectivity index (χ0v) is 11.9. The average molecular weight is 270 g/mol. The summed E-state index contributed by atoms with van der Waals surface area (Å²) in [6.45, 7) is 7.77. The lowest BCUT2D eigenvalue weighted by Crippen LogP contribution is -2.52. The molecule has 1 aromatic rings. The predicted molar refractivity (Wildman–Crippen MR) is 74.2 cm³/mol. The molecular formula is C14H20ClNO2. The van der Waals surface area contributed by atoms with Gasteiger partial charge in [0.25, 0.3) is 0 Å². The van der Waals surface area contributed by atoms with Crippen LogP contribution in [0.2, 0.25) is 5.02 Å². The molecule has 1 aromatic carbocycles. The van der Waals surface area contributed by atoms with E-state index < -0.39 is 0 Å². The quantitative estimate of drug-likeness (QED) is 0.896. The van der Waals surface area contributed by atoms with Crippen molar-refractivity contribution in [2.75, 3.05) is 18.0 Å². The lowest BCUT2D eigenvalue weighted by Gasteiger charge is -2.43. The van der Waals surface area contributed by atoms with Crippen LogP contribution in [-0.4, -0.2) is 29.9 Å². The fourth-order valence-electron chi connectivity index (χ4n) is 2.67. The summed E-state index contributed by atoms with van der Waals surface area (Å²) >= 11 is 6.29. The number of ether oxygens (including phenoxy) is 1. The molecule has 1 atom stereocenters. The van der Waals surface area contributed by atoms with Gasteiger partial charge in [-0.1, -0.05) is 23.7 Å². The highest BCUT2D eigenvalue weighted by molar-refractivity contribution is 6.33. The van der Waals surface area contributed by atoms with E-state index >= 15 is 0 Å². The predicted octanol–water partition coefficient (Wildman–Crippen LogP) is 2.84. The van der Waals surface area contributed by atoms with Gasteiger partial charge < -0.3 is 14.7 Å². The van der Waals surface area contributed by atoms with Crippen molar-refractivity contribution in [2.45, 2.75) is 39.1 Å². The maximum absolute atomic E-state index is 9.45. The molecule has 0 aromatic heterocycles. The summed E-state index contributed by atoms with van der Waals surface area (Å²) in [5.74, 6) is 0. The molecule has 100 valence electrons. The Morgan fingerprint density at radius 1 is 1.50 bits per heavy atom. The molecule has 1 heterocycles. The highest BCUT2D eigenvalue weighted by Crippen LogP contribution is 2.34. The summed E-state index contributed by atoms with van der Waals surface area (Å²) in [4.78, 5) is 2.21. The first-order valence-electron chi connectivity index (χ1n) is 6.24. The van der Waals surface area contributed by atoms with Gasteiger partial charge in [0.05, 0.1) is 29.0 Å². The van der Waals surface area contributed by atoms with Crippen molar-refractivity contribution in [2.24, 2.45) is 0 Å². The second-order valence-corrected chi connectivity index (χ2v) is 5.88. The van der Waals surface area contributed by atoms with Crippen LogP contribution in [0.15, 0.2) is 18.2 Å². The van der Waals surface area contributed by atoms with E-state index in [1.54, 1.807) is 0 Å². The van der Waals surface area contributed by atoms with Crippen LogP contribution in [0, 0.1) is 0 Å². The van der Waals surface area contributed by atoms with Gasteiger partial charge in [-0.25, -0.2) is 0 Å². The molecule has 1 aliphatic heterocycles. The molecular weight excluding hydrogens is 250 g/mol. The van der Waals surface area contributed by atoms with E-state index in [4.69, 9.17) is 16.3 Å². The molecule has 1 saturated heterocycles. The lowest BCUT2D eigenvalue weighted by molar-refractivity contribution is -0.0750. The van der Waals surface area contributed by atoms with Crippen LogP contribution in [0.4, 0.5) is 5.69 Å². The Morgan fingerprint density at radius 2 is 2.22 bits per heavy atom. The number of morpholine rings is 1. The molecule has 4 heteroatoms. The van der Waals surface area contributed by atoms with Gasteiger partial charge >= 0.3 is 0 Å². The number of nitrogens with zero attached hydrogens (tertiary/aromatic N) is 1. The van der Waals surface area contributed by atoms with Crippen LogP contribution < -0.4 is 4.90 Å². The Labute approximate surface area is 113 Å². The van der Waals surface area contributed by atoms with Crippen LogP contribution in [0.5, 0.6) is 0 Å². The zero-order valence-electron chi connectivity index (χ0n) is 11.1. The van der Waals surface area contributed by atoms with Gasteiger partial charge in [0.2, 0.25) is 0 Å². The van der Waals surface area contributed by atoms with Gasteiger partial charge in [-0.3, -0.25) is 0 Å². The summed E-state index contributed by atoms with van der Waals surface area (Å²) in [7, 11) is 0. The molecule has 0 saturated carbocycles. The molecule has 3 nitrogen and oxygen atoms in total. The fourth-order valence-corrected chi connectivity index (χ4v) is 2.98. The van der Waals surface area contributed by atoms with Crippen LogP contribution in [0.25, 0.3) is 0 Å². The number of rotatable bonds is 2. The first kappa shape index (κ1) is 13.7. The highest BCUT2D eigenvalue weighted by atomic mass is 35.5. The second kappa shape index (κ2) is 5.08. The van der Waals surface area contributed by atoms with Crippen LogP contribution in [-0.2, 0) is 11.3 Å². The first-order valence-corrected chi connectivity index (χ1v) is 6.62. The molecule has 1 unspecified atom stereocenters. The number of hydrogen-bond donors (Lipinski definition) is 1. The Hall–Kier alpha value is -0.770. The van der Waals surface area contributed by atoms with Crippen molar-refractivity contribution in [3.8, 4) is 0 Å². The third kappa shape index (κ3) is 2.79. The maximum atomic E-state index is 9.45. The van der Waals surface area contributed by atoms with Crippen LogP contribution >= 0.6 is 11.6 Å². The Morgan fingerprint density at radius 3 is 2.83 bits per heavy atom. The fraction of sp³-hybridized carbons (Fsp3) is 0.571. The number of anilines is 1. The molecule has 0 bridgehead atoms. The Kier molecular flexibility index (Phi) is 3.85. The Balaban J connectivity index is 2.36. The van der Waals surface area contributed by atoms with E-state index in [9.17, 15) is 5.11 Å². The van der Waals surface area contributed by atoms with E-state index in [1.165, 1.54) is 0 Å². The van der Waals surface area contributed by atoms with Crippen molar-refractivity contribution in [3.63, 3.8) is 0 Å². The second-order valence-electron chi connectivity index (χ2n) is 5.47. The molecule has 1 fully saturated rings. The molecule has 1 aliphatic rings. The summed E-state index contributed by atoms with van der Waals surface area (Å²) in [5.41, 5.74) is 1.60. The number of hydrogen-bond acceptors (Lipinski definition) is 3. The van der Waals surface area contributed by atoms with Gasteiger partial charge in [0.1, 0.15) is 0 Å². The lowest BCUT2D eigenvalue weighted by atomic mass is 10.0. The average Bonchev–Trinajstić information content (AvgIpc) is 2.25. The third-order valence-electron chi connectivity index (χ3n) is 3.13. The van der Waals surface area contributed by atoms with Crippen molar-refractivity contribution < 1.29 is 9.84 Å². The minimum absolute atomic E-state index is 0.00204. The number of halogens is 1. The summed E-state index contributed by atoms with van der Waals surface area (Å²) in [6.07, 6.45) is 0.150. The van der Waals surface area contributed by atoms with Gasteiger partial charge in [0.15, 0.2) is 0 Å². The zero-order chi connectivity index (χ0) is 13.3. The van der Waals surface area contributed by atoms with Gasteiger partial charge in [-0.05, 0) is 26.8 Å². The van der Waals surface area contributed by atoms with E-state index in [-0.39, 0.29) is 18.3 Å². The van der Waals surface area contributed by atoms with Crippen LogP contribution in [0.3, 0.4) is 0 Å². The number of benzene rings is 1. The van der Waals surface area contributed by atoms with E-state index in [2.05, 4.69) is 25.7 Å². The van der Waals surface area contributed by atoms with Crippen molar-refractivity contribution in [3.05, 3.63) is 28.8 Å². The van der Waals surface area contributed by atoms with Gasteiger partial charge in [-0.15, -0.1) is 0 Å². The minimum Gasteiger partial charge on any atom is -0.392 e. The monoisotopic (exact) mass is 269 g/mol. The number of aliphatic hydroxyl groups excluding tert-OH is 1. The molecule has 2 rings (SSSR count). The Bertz CT molecular complexity index is 434. The van der Waals surface area contributed by atoms with Crippen molar-refractivity contribution in [1.82, 2.24) is 0 Å². The highest BCUT2D eigenvalue weighted by Gasteiger charge is 2.32. The van der Waals surface area contributed by atoms with Crippen molar-refractivity contribution in [1.29, 1.82) is 0 Å². The van der Waals surface area contributed by atoms with Crippen LogP contribution in [0.1, 0.15) is 26.3 Å². The van der Waals surface area contributed by atoms with Gasteiger partial charge in [0, 0.05) is 18.7 Å². The standard InChI is InChI=1S/C14H20ClNO2/c1-10-7-16(9-14(2,3)18-10)13-11(8-17)5-4-6-12(13)15/h4-6,10,17H,7-9H2,1-3H3. The normalized spacial score (nSPS) is 23.2. The minimum atomic E-state index is -0.205. The maximum Gasteiger partial charge on any atom is 0.0805 e. The van der Waals surface area contributed by atoms with E-state index in [0.29, 0.717) is 5.02 Å². The molecule has 0 amide bonds. The first-order chi connectivity index (χ1) is 8.43.